The molecule has 110 valence electrons. The molecule has 3 amide bonds. The fourth-order valence-electron chi connectivity index (χ4n) is 1.64. The molecule has 21 heavy (non-hydrogen) atoms. The third-order valence-corrected chi connectivity index (χ3v) is 2.77. The summed E-state index contributed by atoms with van der Waals surface area (Å²) in [7, 11) is 3.27. The molecule has 0 saturated carbocycles. The number of benzene rings is 1. The van der Waals surface area contributed by atoms with Crippen molar-refractivity contribution in [1.82, 2.24) is 20.0 Å². The first kappa shape index (κ1) is 14.6. The van der Waals surface area contributed by atoms with E-state index in [-0.39, 0.29) is 12.5 Å². The van der Waals surface area contributed by atoms with Crippen molar-refractivity contribution in [2.45, 2.75) is 0 Å². The second-order valence-electron chi connectivity index (χ2n) is 4.60. The van der Waals surface area contributed by atoms with Gasteiger partial charge in [0.05, 0.1) is 12.2 Å². The molecule has 1 heterocycles. The van der Waals surface area contributed by atoms with Gasteiger partial charge < -0.3 is 15.5 Å². The van der Waals surface area contributed by atoms with E-state index < -0.39 is 6.03 Å². The van der Waals surface area contributed by atoms with Crippen molar-refractivity contribution in [3.8, 4) is 5.69 Å². The first-order chi connectivity index (χ1) is 10.1. The van der Waals surface area contributed by atoms with Gasteiger partial charge in [-0.15, -0.1) is 0 Å². The molecule has 0 aliphatic heterocycles. The van der Waals surface area contributed by atoms with Gasteiger partial charge in [-0.2, -0.15) is 5.10 Å². The van der Waals surface area contributed by atoms with Crippen LogP contribution in [0.4, 0.5) is 10.5 Å². The van der Waals surface area contributed by atoms with Crippen LogP contribution in [0.2, 0.25) is 0 Å². The third kappa shape index (κ3) is 4.07. The first-order valence-electron chi connectivity index (χ1n) is 6.41. The van der Waals surface area contributed by atoms with Gasteiger partial charge in [-0.1, -0.05) is 6.07 Å². The minimum atomic E-state index is -0.428. The maximum Gasteiger partial charge on any atom is 0.319 e. The molecule has 0 fully saturated rings. The molecular weight excluding hydrogens is 270 g/mol. The second kappa shape index (κ2) is 6.56. The van der Waals surface area contributed by atoms with Gasteiger partial charge >= 0.3 is 6.03 Å². The number of carbonyl (C=O) groups excluding carboxylic acids is 2. The molecule has 0 saturated heterocycles. The standard InChI is InChI=1S/C14H17N5O2/c1-18(2)13(20)10-15-14(21)17-11-5-3-6-12(9-11)19-8-4-7-16-19/h3-9H,10H2,1-2H3,(H2,15,17,21). The van der Waals surface area contributed by atoms with Crippen molar-refractivity contribution in [1.29, 1.82) is 0 Å². The smallest absolute Gasteiger partial charge is 0.319 e. The van der Waals surface area contributed by atoms with Crippen LogP contribution in [0.25, 0.3) is 5.69 Å². The van der Waals surface area contributed by atoms with Crippen molar-refractivity contribution < 1.29 is 9.59 Å². The highest BCUT2D eigenvalue weighted by molar-refractivity contribution is 5.92. The highest BCUT2D eigenvalue weighted by atomic mass is 16.2. The quantitative estimate of drug-likeness (QED) is 0.883. The molecule has 7 nitrogen and oxygen atoms in total. The number of likely N-dealkylation sites (N-methyl/N-ethyl adjacent to an activating group) is 1. The summed E-state index contributed by atoms with van der Waals surface area (Å²) in [5.74, 6) is -0.171. The summed E-state index contributed by atoms with van der Waals surface area (Å²) in [6.07, 6.45) is 3.49. The van der Waals surface area contributed by atoms with Gasteiger partial charge in [0.15, 0.2) is 0 Å². The molecule has 0 unspecified atom stereocenters. The lowest BCUT2D eigenvalue weighted by atomic mass is 10.3. The molecule has 2 N–H and O–H groups in total. The number of urea groups is 1. The number of amides is 3. The van der Waals surface area contributed by atoms with E-state index in [9.17, 15) is 9.59 Å². The van der Waals surface area contributed by atoms with Crippen molar-refractivity contribution in [3.05, 3.63) is 42.7 Å². The normalized spacial score (nSPS) is 10.0. The van der Waals surface area contributed by atoms with Gasteiger partial charge in [0.1, 0.15) is 0 Å². The summed E-state index contributed by atoms with van der Waals surface area (Å²) in [4.78, 5) is 24.5. The molecule has 2 aromatic rings. The molecule has 2 rings (SSSR count). The average Bonchev–Trinajstić information content (AvgIpc) is 2.99. The number of hydrogen-bond acceptors (Lipinski definition) is 3. The molecule has 0 bridgehead atoms. The SMILES string of the molecule is CN(C)C(=O)CNC(=O)Nc1cccc(-n2cccn2)c1. The van der Waals surface area contributed by atoms with E-state index in [0.717, 1.165) is 5.69 Å². The Labute approximate surface area is 122 Å². The number of carbonyl (C=O) groups is 2. The van der Waals surface area contributed by atoms with Gasteiger partial charge in [-0.3, -0.25) is 4.79 Å². The van der Waals surface area contributed by atoms with Crippen LogP contribution in [0.15, 0.2) is 42.7 Å². The molecule has 0 spiro atoms. The Hall–Kier alpha value is -2.83. The van der Waals surface area contributed by atoms with Gasteiger partial charge in [0.25, 0.3) is 0 Å². The number of aromatic nitrogens is 2. The predicted molar refractivity (Wildman–Crippen MR) is 79.3 cm³/mol. The van der Waals surface area contributed by atoms with Crippen molar-refractivity contribution in [3.63, 3.8) is 0 Å². The van der Waals surface area contributed by atoms with E-state index in [1.54, 1.807) is 37.1 Å². The van der Waals surface area contributed by atoms with Crippen LogP contribution in [-0.4, -0.2) is 47.3 Å². The zero-order valence-electron chi connectivity index (χ0n) is 11.9. The van der Waals surface area contributed by atoms with Crippen LogP contribution in [0.5, 0.6) is 0 Å². The third-order valence-electron chi connectivity index (χ3n) is 2.77. The largest absolute Gasteiger partial charge is 0.347 e. The van der Waals surface area contributed by atoms with Crippen LogP contribution in [0, 0.1) is 0 Å². The van der Waals surface area contributed by atoms with Crippen LogP contribution in [0.1, 0.15) is 0 Å². The molecular formula is C14H17N5O2. The second-order valence-corrected chi connectivity index (χ2v) is 4.60. The van der Waals surface area contributed by atoms with Crippen LogP contribution >= 0.6 is 0 Å². The zero-order chi connectivity index (χ0) is 15.2. The summed E-state index contributed by atoms with van der Waals surface area (Å²) in [6.45, 7) is -0.0440. The number of anilines is 1. The zero-order valence-corrected chi connectivity index (χ0v) is 11.9. The highest BCUT2D eigenvalue weighted by Gasteiger charge is 2.07. The lowest BCUT2D eigenvalue weighted by Crippen LogP contribution is -2.38. The summed E-state index contributed by atoms with van der Waals surface area (Å²) in [5.41, 5.74) is 1.46. The Balaban J connectivity index is 1.95. The van der Waals surface area contributed by atoms with E-state index in [1.807, 2.05) is 24.4 Å². The first-order valence-corrected chi connectivity index (χ1v) is 6.41. The van der Waals surface area contributed by atoms with Gasteiger partial charge in [0.2, 0.25) is 5.91 Å². The van der Waals surface area contributed by atoms with Gasteiger partial charge in [0, 0.05) is 32.2 Å². The Bertz CT molecular complexity index is 622. The average molecular weight is 287 g/mol. The van der Waals surface area contributed by atoms with Crippen molar-refractivity contribution in [2.24, 2.45) is 0 Å². The van der Waals surface area contributed by atoms with Gasteiger partial charge in [-0.05, 0) is 24.3 Å². The molecule has 7 heteroatoms. The van der Waals surface area contributed by atoms with E-state index in [4.69, 9.17) is 0 Å². The highest BCUT2D eigenvalue weighted by Crippen LogP contribution is 2.13. The number of rotatable bonds is 4. The van der Waals surface area contributed by atoms with E-state index in [2.05, 4.69) is 15.7 Å². The molecule has 0 radical (unpaired) electrons. The molecule has 1 aromatic heterocycles. The number of nitrogens with one attached hydrogen (secondary N) is 2. The topological polar surface area (TPSA) is 79.3 Å². The van der Waals surface area contributed by atoms with E-state index >= 15 is 0 Å². The Kier molecular flexibility index (Phi) is 4.55. The molecule has 0 aliphatic carbocycles. The monoisotopic (exact) mass is 287 g/mol. The Morgan fingerprint density at radius 1 is 1.29 bits per heavy atom. The van der Waals surface area contributed by atoms with Crippen LogP contribution in [-0.2, 0) is 4.79 Å². The maximum atomic E-state index is 11.7. The summed E-state index contributed by atoms with van der Waals surface area (Å²) >= 11 is 0. The molecule has 1 aromatic carbocycles. The summed E-state index contributed by atoms with van der Waals surface area (Å²) in [6, 6.07) is 8.65. The Morgan fingerprint density at radius 2 is 2.10 bits per heavy atom. The Morgan fingerprint density at radius 3 is 2.76 bits per heavy atom. The summed E-state index contributed by atoms with van der Waals surface area (Å²) in [5, 5.41) is 9.30. The lowest BCUT2D eigenvalue weighted by molar-refractivity contribution is -0.127. The van der Waals surface area contributed by atoms with Crippen molar-refractivity contribution >= 4 is 17.6 Å². The van der Waals surface area contributed by atoms with E-state index in [1.165, 1.54) is 4.90 Å². The lowest BCUT2D eigenvalue weighted by Gasteiger charge is -2.12. The fraction of sp³-hybridized carbons (Fsp3) is 0.214. The van der Waals surface area contributed by atoms with Crippen LogP contribution < -0.4 is 10.6 Å². The van der Waals surface area contributed by atoms with Crippen LogP contribution in [0.3, 0.4) is 0 Å². The minimum Gasteiger partial charge on any atom is -0.347 e. The molecule has 0 atom stereocenters. The number of nitrogens with zero attached hydrogens (tertiary/aromatic N) is 3. The minimum absolute atomic E-state index is 0.0440. The van der Waals surface area contributed by atoms with Crippen molar-refractivity contribution in [2.75, 3.05) is 26.0 Å². The maximum absolute atomic E-state index is 11.7. The van der Waals surface area contributed by atoms with E-state index in [0.29, 0.717) is 5.69 Å². The predicted octanol–water partition coefficient (Wildman–Crippen LogP) is 1.08. The van der Waals surface area contributed by atoms with Gasteiger partial charge in [-0.25, -0.2) is 9.48 Å². The summed E-state index contributed by atoms with van der Waals surface area (Å²) < 4.78 is 1.69. The fourth-order valence-corrected chi connectivity index (χ4v) is 1.64. The molecule has 0 aliphatic rings. The number of hydrogen-bond donors (Lipinski definition) is 2.